The van der Waals surface area contributed by atoms with Crippen molar-refractivity contribution in [1.82, 2.24) is 4.90 Å². The Hall–Kier alpha value is -0.0400. The van der Waals surface area contributed by atoms with E-state index in [4.69, 9.17) is 0 Å². The van der Waals surface area contributed by atoms with E-state index in [1.54, 1.807) is 0 Å². The van der Waals surface area contributed by atoms with Crippen molar-refractivity contribution in [3.63, 3.8) is 0 Å². The summed E-state index contributed by atoms with van der Waals surface area (Å²) >= 11 is 0. The summed E-state index contributed by atoms with van der Waals surface area (Å²) in [5.41, 5.74) is 0. The van der Waals surface area contributed by atoms with Crippen LogP contribution in [0.2, 0.25) is 0 Å². The van der Waals surface area contributed by atoms with E-state index in [-0.39, 0.29) is 0 Å². The van der Waals surface area contributed by atoms with Crippen molar-refractivity contribution in [2.45, 2.75) is 59.3 Å². The Morgan fingerprint density at radius 3 is 2.07 bits per heavy atom. The average molecular weight is 211 g/mol. The maximum atomic E-state index is 2.71. The second kappa shape index (κ2) is 7.27. The second-order valence-corrected chi connectivity index (χ2v) is 5.61. The van der Waals surface area contributed by atoms with Gasteiger partial charge in [-0.2, -0.15) is 0 Å². The standard InChI is InChI=1S/C14H29N/c1-4-5-6-7-10-15-11-13(2)8-9-14(3)12-15/h13-14H,4-12H2,1-3H3. The molecule has 90 valence electrons. The molecule has 0 spiro atoms. The van der Waals surface area contributed by atoms with Gasteiger partial charge in [0, 0.05) is 13.1 Å². The van der Waals surface area contributed by atoms with E-state index in [1.165, 1.54) is 58.2 Å². The first-order valence-corrected chi connectivity index (χ1v) is 6.94. The van der Waals surface area contributed by atoms with Crippen LogP contribution in [0.5, 0.6) is 0 Å². The van der Waals surface area contributed by atoms with Gasteiger partial charge in [-0.15, -0.1) is 0 Å². The Kier molecular flexibility index (Phi) is 6.31. The SMILES string of the molecule is CCCCCCN1CC(C)CCC(C)C1. The molecule has 1 heteroatoms. The third-order valence-electron chi connectivity index (χ3n) is 3.62. The van der Waals surface area contributed by atoms with Crippen LogP contribution in [0.3, 0.4) is 0 Å². The summed E-state index contributed by atoms with van der Waals surface area (Å²) in [5, 5.41) is 0. The molecule has 0 aliphatic carbocycles. The minimum absolute atomic E-state index is 0.918. The Morgan fingerprint density at radius 1 is 0.933 bits per heavy atom. The average Bonchev–Trinajstić information content (AvgIpc) is 2.36. The largest absolute Gasteiger partial charge is 0.303 e. The molecule has 15 heavy (non-hydrogen) atoms. The summed E-state index contributed by atoms with van der Waals surface area (Å²) in [5.74, 6) is 1.84. The van der Waals surface area contributed by atoms with E-state index in [1.807, 2.05) is 0 Å². The summed E-state index contributed by atoms with van der Waals surface area (Å²) < 4.78 is 0. The number of rotatable bonds is 5. The van der Waals surface area contributed by atoms with E-state index in [0.717, 1.165) is 11.8 Å². The predicted octanol–water partition coefficient (Wildman–Crippen LogP) is 3.93. The highest BCUT2D eigenvalue weighted by molar-refractivity contribution is 4.72. The molecule has 2 unspecified atom stereocenters. The fraction of sp³-hybridized carbons (Fsp3) is 1.00. The van der Waals surface area contributed by atoms with Gasteiger partial charge in [-0.3, -0.25) is 0 Å². The Balaban J connectivity index is 2.19. The fourth-order valence-electron chi connectivity index (χ4n) is 2.65. The number of hydrogen-bond donors (Lipinski definition) is 0. The lowest BCUT2D eigenvalue weighted by atomic mass is 10.0. The van der Waals surface area contributed by atoms with Crippen molar-refractivity contribution in [3.05, 3.63) is 0 Å². The van der Waals surface area contributed by atoms with Crippen LogP contribution in [-0.4, -0.2) is 24.5 Å². The van der Waals surface area contributed by atoms with Crippen molar-refractivity contribution in [2.24, 2.45) is 11.8 Å². The van der Waals surface area contributed by atoms with E-state index < -0.39 is 0 Å². The molecule has 0 bridgehead atoms. The Morgan fingerprint density at radius 2 is 1.53 bits per heavy atom. The lowest BCUT2D eigenvalue weighted by Gasteiger charge is -2.23. The van der Waals surface area contributed by atoms with Crippen LogP contribution >= 0.6 is 0 Å². The summed E-state index contributed by atoms with van der Waals surface area (Å²) in [6.07, 6.45) is 8.48. The van der Waals surface area contributed by atoms with Gasteiger partial charge in [0.1, 0.15) is 0 Å². The molecule has 0 N–H and O–H groups in total. The third-order valence-corrected chi connectivity index (χ3v) is 3.62. The highest BCUT2D eigenvalue weighted by Crippen LogP contribution is 2.20. The summed E-state index contributed by atoms with van der Waals surface area (Å²) in [6, 6.07) is 0. The third kappa shape index (κ3) is 5.55. The molecule has 0 amide bonds. The molecule has 2 atom stereocenters. The van der Waals surface area contributed by atoms with Gasteiger partial charge in [-0.05, 0) is 37.6 Å². The van der Waals surface area contributed by atoms with Crippen molar-refractivity contribution in [3.8, 4) is 0 Å². The number of likely N-dealkylation sites (tertiary alicyclic amines) is 1. The minimum atomic E-state index is 0.918. The lowest BCUT2D eigenvalue weighted by molar-refractivity contribution is 0.232. The molecular weight excluding hydrogens is 182 g/mol. The van der Waals surface area contributed by atoms with Gasteiger partial charge < -0.3 is 4.90 Å². The van der Waals surface area contributed by atoms with Gasteiger partial charge in [-0.25, -0.2) is 0 Å². The number of nitrogens with zero attached hydrogens (tertiary/aromatic N) is 1. The summed E-state index contributed by atoms with van der Waals surface area (Å²) in [6.45, 7) is 11.1. The van der Waals surface area contributed by atoms with Crippen LogP contribution in [0.15, 0.2) is 0 Å². The lowest BCUT2D eigenvalue weighted by Crippen LogP contribution is -2.30. The second-order valence-electron chi connectivity index (χ2n) is 5.61. The first kappa shape index (κ1) is 13.0. The van der Waals surface area contributed by atoms with Gasteiger partial charge in [0.05, 0.1) is 0 Å². The van der Waals surface area contributed by atoms with E-state index in [9.17, 15) is 0 Å². The van der Waals surface area contributed by atoms with Crippen molar-refractivity contribution in [1.29, 1.82) is 0 Å². The number of hydrogen-bond acceptors (Lipinski definition) is 1. The van der Waals surface area contributed by atoms with Crippen LogP contribution in [0.25, 0.3) is 0 Å². The number of unbranched alkanes of at least 4 members (excludes halogenated alkanes) is 3. The molecular formula is C14H29N. The van der Waals surface area contributed by atoms with Crippen LogP contribution in [0, 0.1) is 11.8 Å². The molecule has 1 aliphatic heterocycles. The zero-order valence-corrected chi connectivity index (χ0v) is 11.0. The van der Waals surface area contributed by atoms with Crippen LogP contribution < -0.4 is 0 Å². The Bertz CT molecular complexity index is 143. The first-order chi connectivity index (χ1) is 7.22. The first-order valence-electron chi connectivity index (χ1n) is 6.94. The van der Waals surface area contributed by atoms with E-state index in [2.05, 4.69) is 25.7 Å². The topological polar surface area (TPSA) is 3.24 Å². The molecule has 0 radical (unpaired) electrons. The molecule has 1 heterocycles. The summed E-state index contributed by atoms with van der Waals surface area (Å²) in [7, 11) is 0. The van der Waals surface area contributed by atoms with Crippen molar-refractivity contribution < 1.29 is 0 Å². The van der Waals surface area contributed by atoms with Crippen LogP contribution in [0.1, 0.15) is 59.3 Å². The van der Waals surface area contributed by atoms with Crippen LogP contribution in [-0.2, 0) is 0 Å². The van der Waals surface area contributed by atoms with Crippen molar-refractivity contribution >= 4 is 0 Å². The summed E-state index contributed by atoms with van der Waals surface area (Å²) in [4.78, 5) is 2.71. The smallest absolute Gasteiger partial charge is 0.000713 e. The molecule has 0 aromatic heterocycles. The van der Waals surface area contributed by atoms with Gasteiger partial charge >= 0.3 is 0 Å². The fourth-order valence-corrected chi connectivity index (χ4v) is 2.65. The highest BCUT2D eigenvalue weighted by atomic mass is 15.1. The molecule has 0 aromatic rings. The van der Waals surface area contributed by atoms with Gasteiger partial charge in [0.25, 0.3) is 0 Å². The molecule has 1 nitrogen and oxygen atoms in total. The molecule has 1 rings (SSSR count). The van der Waals surface area contributed by atoms with E-state index in [0.29, 0.717) is 0 Å². The zero-order chi connectivity index (χ0) is 11.1. The molecule has 1 saturated heterocycles. The molecule has 1 aliphatic rings. The monoisotopic (exact) mass is 211 g/mol. The van der Waals surface area contributed by atoms with Crippen molar-refractivity contribution in [2.75, 3.05) is 19.6 Å². The maximum absolute atomic E-state index is 2.71. The Labute approximate surface area is 96.2 Å². The van der Waals surface area contributed by atoms with Gasteiger partial charge in [0.15, 0.2) is 0 Å². The predicted molar refractivity (Wildman–Crippen MR) is 68.1 cm³/mol. The quantitative estimate of drug-likeness (QED) is 0.623. The zero-order valence-electron chi connectivity index (χ0n) is 11.0. The maximum Gasteiger partial charge on any atom is 0.000713 e. The molecule has 0 aromatic carbocycles. The van der Waals surface area contributed by atoms with Gasteiger partial charge in [-0.1, -0.05) is 40.0 Å². The van der Waals surface area contributed by atoms with Gasteiger partial charge in [0.2, 0.25) is 0 Å². The van der Waals surface area contributed by atoms with E-state index >= 15 is 0 Å². The minimum Gasteiger partial charge on any atom is -0.303 e. The van der Waals surface area contributed by atoms with Crippen LogP contribution in [0.4, 0.5) is 0 Å². The molecule has 1 fully saturated rings. The highest BCUT2D eigenvalue weighted by Gasteiger charge is 2.18. The molecule has 0 saturated carbocycles. The normalized spacial score (nSPS) is 29.0.